The van der Waals surface area contributed by atoms with Crippen molar-refractivity contribution in [3.63, 3.8) is 0 Å². The second kappa shape index (κ2) is 8.06. The van der Waals surface area contributed by atoms with E-state index in [2.05, 4.69) is 31.1 Å². The van der Waals surface area contributed by atoms with Gasteiger partial charge in [-0.3, -0.25) is 0 Å². The average Bonchev–Trinajstić information content (AvgIpc) is 2.30. The van der Waals surface area contributed by atoms with Crippen LogP contribution in [-0.4, -0.2) is 48.8 Å². The lowest BCUT2D eigenvalue weighted by Crippen LogP contribution is -2.41. The van der Waals surface area contributed by atoms with Crippen LogP contribution in [0.4, 0.5) is 0 Å². The van der Waals surface area contributed by atoms with Crippen LogP contribution in [0.3, 0.4) is 0 Å². The first-order valence-electron chi connectivity index (χ1n) is 7.19. The van der Waals surface area contributed by atoms with Crippen LogP contribution in [0, 0.1) is 5.92 Å². The molecule has 2 unspecified atom stereocenters. The predicted octanol–water partition coefficient (Wildman–Crippen LogP) is 1.86. The summed E-state index contributed by atoms with van der Waals surface area (Å²) in [5.41, 5.74) is 0. The number of rotatable bonds is 7. The van der Waals surface area contributed by atoms with Crippen LogP contribution in [0.5, 0.6) is 0 Å². The second-order valence-electron chi connectivity index (χ2n) is 5.74. The summed E-state index contributed by atoms with van der Waals surface area (Å²) in [6.45, 7) is 7.08. The van der Waals surface area contributed by atoms with Crippen LogP contribution < -0.4 is 5.32 Å². The van der Waals surface area contributed by atoms with Crippen molar-refractivity contribution in [1.82, 2.24) is 10.2 Å². The fourth-order valence-corrected chi connectivity index (χ4v) is 2.75. The van der Waals surface area contributed by atoms with Crippen LogP contribution in [0.2, 0.25) is 0 Å². The fraction of sp³-hybridized carbons (Fsp3) is 1.00. The van der Waals surface area contributed by atoms with Crippen LogP contribution in [0.15, 0.2) is 0 Å². The third-order valence-corrected chi connectivity index (χ3v) is 4.05. The number of nitrogens with one attached hydrogen (secondary N) is 1. The third-order valence-electron chi connectivity index (χ3n) is 4.05. The van der Waals surface area contributed by atoms with Gasteiger partial charge in [-0.2, -0.15) is 0 Å². The molecule has 1 saturated heterocycles. The van der Waals surface area contributed by atoms with Gasteiger partial charge in [0.2, 0.25) is 0 Å². The lowest BCUT2D eigenvalue weighted by molar-refractivity contribution is 0.171. The molecule has 0 amide bonds. The Labute approximate surface area is 107 Å². The Morgan fingerprint density at radius 3 is 2.71 bits per heavy atom. The van der Waals surface area contributed by atoms with Gasteiger partial charge in [-0.1, -0.05) is 20.3 Å². The third kappa shape index (κ3) is 5.36. The number of hydrogen-bond acceptors (Lipinski definition) is 3. The molecule has 2 N–H and O–H groups in total. The molecule has 0 saturated carbocycles. The smallest absolute Gasteiger partial charge is 0.0445 e. The minimum absolute atomic E-state index is 0.291. The Morgan fingerprint density at radius 1 is 1.35 bits per heavy atom. The monoisotopic (exact) mass is 242 g/mol. The van der Waals surface area contributed by atoms with Crippen molar-refractivity contribution in [3.05, 3.63) is 0 Å². The zero-order valence-corrected chi connectivity index (χ0v) is 11.8. The van der Waals surface area contributed by atoms with Crippen molar-refractivity contribution in [1.29, 1.82) is 0 Å². The lowest BCUT2D eigenvalue weighted by atomic mass is 9.98. The fourth-order valence-electron chi connectivity index (χ4n) is 2.75. The van der Waals surface area contributed by atoms with Crippen molar-refractivity contribution in [2.75, 3.05) is 26.7 Å². The van der Waals surface area contributed by atoms with E-state index in [1.54, 1.807) is 0 Å². The molecule has 2 atom stereocenters. The second-order valence-corrected chi connectivity index (χ2v) is 5.74. The van der Waals surface area contributed by atoms with Crippen molar-refractivity contribution in [2.45, 2.75) is 58.0 Å². The van der Waals surface area contributed by atoms with Gasteiger partial charge in [-0.15, -0.1) is 0 Å². The summed E-state index contributed by atoms with van der Waals surface area (Å²) < 4.78 is 0. The Morgan fingerprint density at radius 2 is 2.12 bits per heavy atom. The Bertz CT molecular complexity index is 193. The normalized spacial score (nSPS) is 24.2. The summed E-state index contributed by atoms with van der Waals surface area (Å²) in [5.74, 6) is 0.603. The van der Waals surface area contributed by atoms with Gasteiger partial charge in [0.25, 0.3) is 0 Å². The highest BCUT2D eigenvalue weighted by Crippen LogP contribution is 2.17. The van der Waals surface area contributed by atoms with E-state index in [9.17, 15) is 0 Å². The molecule has 1 rings (SSSR count). The van der Waals surface area contributed by atoms with E-state index in [-0.39, 0.29) is 0 Å². The lowest BCUT2D eigenvalue weighted by Gasteiger charge is -2.33. The molecule has 0 aliphatic carbocycles. The number of likely N-dealkylation sites (tertiary alicyclic amines) is 1. The van der Waals surface area contributed by atoms with E-state index >= 15 is 0 Å². The van der Waals surface area contributed by atoms with E-state index in [1.165, 1.54) is 32.2 Å². The molecule has 3 heteroatoms. The molecular formula is C14H30N2O. The standard InChI is InChI=1S/C14H30N2O/c1-12(2)14(8-11-17)15-9-7-13-6-4-5-10-16(13)3/h12-15,17H,4-11H2,1-3H3. The van der Waals surface area contributed by atoms with Gasteiger partial charge >= 0.3 is 0 Å². The Hall–Kier alpha value is -0.120. The van der Waals surface area contributed by atoms with Crippen LogP contribution >= 0.6 is 0 Å². The summed E-state index contributed by atoms with van der Waals surface area (Å²) in [4.78, 5) is 2.50. The predicted molar refractivity (Wildman–Crippen MR) is 73.2 cm³/mol. The van der Waals surface area contributed by atoms with E-state index < -0.39 is 0 Å². The first kappa shape index (κ1) is 14.9. The van der Waals surface area contributed by atoms with Gasteiger partial charge in [-0.25, -0.2) is 0 Å². The first-order valence-corrected chi connectivity index (χ1v) is 7.19. The topological polar surface area (TPSA) is 35.5 Å². The minimum atomic E-state index is 0.291. The van der Waals surface area contributed by atoms with Crippen molar-refractivity contribution in [2.24, 2.45) is 5.92 Å². The Kier molecular flexibility index (Phi) is 7.09. The molecule has 3 nitrogen and oxygen atoms in total. The van der Waals surface area contributed by atoms with Crippen LogP contribution in [0.25, 0.3) is 0 Å². The summed E-state index contributed by atoms with van der Waals surface area (Å²) in [6.07, 6.45) is 6.21. The highest BCUT2D eigenvalue weighted by atomic mass is 16.3. The maximum atomic E-state index is 9.03. The molecule has 0 aromatic heterocycles. The van der Waals surface area contributed by atoms with Gasteiger partial charge in [-0.05, 0) is 51.7 Å². The molecule has 17 heavy (non-hydrogen) atoms. The number of aliphatic hydroxyl groups is 1. The summed E-state index contributed by atoms with van der Waals surface area (Å²) in [7, 11) is 2.25. The van der Waals surface area contributed by atoms with E-state index in [1.807, 2.05) is 0 Å². The van der Waals surface area contributed by atoms with E-state index in [0.29, 0.717) is 18.6 Å². The van der Waals surface area contributed by atoms with Gasteiger partial charge < -0.3 is 15.3 Å². The summed E-state index contributed by atoms with van der Waals surface area (Å²) >= 11 is 0. The van der Waals surface area contributed by atoms with E-state index in [4.69, 9.17) is 5.11 Å². The molecule has 1 aliphatic rings. The highest BCUT2D eigenvalue weighted by Gasteiger charge is 2.19. The van der Waals surface area contributed by atoms with Gasteiger partial charge in [0.1, 0.15) is 0 Å². The van der Waals surface area contributed by atoms with Crippen LogP contribution in [0.1, 0.15) is 46.0 Å². The minimum Gasteiger partial charge on any atom is -0.396 e. The van der Waals surface area contributed by atoms with E-state index in [0.717, 1.165) is 19.0 Å². The molecule has 0 radical (unpaired) electrons. The quantitative estimate of drug-likeness (QED) is 0.715. The summed E-state index contributed by atoms with van der Waals surface area (Å²) in [6, 6.07) is 1.23. The molecule has 1 aliphatic heterocycles. The molecule has 102 valence electrons. The van der Waals surface area contributed by atoms with Crippen molar-refractivity contribution >= 4 is 0 Å². The molecule has 1 fully saturated rings. The zero-order valence-electron chi connectivity index (χ0n) is 11.8. The highest BCUT2D eigenvalue weighted by molar-refractivity contribution is 4.77. The summed E-state index contributed by atoms with van der Waals surface area (Å²) in [5, 5.41) is 12.6. The number of aliphatic hydroxyl groups excluding tert-OH is 1. The number of nitrogens with zero attached hydrogens (tertiary/aromatic N) is 1. The van der Waals surface area contributed by atoms with Gasteiger partial charge in [0, 0.05) is 18.7 Å². The molecule has 0 bridgehead atoms. The zero-order chi connectivity index (χ0) is 12.7. The van der Waals surface area contributed by atoms with Crippen LogP contribution in [-0.2, 0) is 0 Å². The van der Waals surface area contributed by atoms with Crippen molar-refractivity contribution in [3.8, 4) is 0 Å². The molecule has 0 aromatic carbocycles. The Balaban J connectivity index is 2.20. The number of piperidine rings is 1. The molecule has 0 aromatic rings. The SMILES string of the molecule is CC(C)C(CCO)NCCC1CCCCN1C. The molecule has 1 heterocycles. The maximum absolute atomic E-state index is 9.03. The number of hydrogen-bond donors (Lipinski definition) is 2. The molecular weight excluding hydrogens is 212 g/mol. The van der Waals surface area contributed by atoms with Gasteiger partial charge in [0.05, 0.1) is 0 Å². The molecule has 0 spiro atoms. The first-order chi connectivity index (χ1) is 8.15. The average molecular weight is 242 g/mol. The maximum Gasteiger partial charge on any atom is 0.0445 e. The largest absolute Gasteiger partial charge is 0.396 e. The van der Waals surface area contributed by atoms with Crippen molar-refractivity contribution < 1.29 is 5.11 Å². The van der Waals surface area contributed by atoms with Gasteiger partial charge in [0.15, 0.2) is 0 Å².